The van der Waals surface area contributed by atoms with Gasteiger partial charge in [0.25, 0.3) is 5.91 Å². The maximum absolute atomic E-state index is 13.1. The van der Waals surface area contributed by atoms with Crippen LogP contribution in [0.1, 0.15) is 40.4 Å². The van der Waals surface area contributed by atoms with Gasteiger partial charge in [-0.05, 0) is 43.7 Å². The number of nitrogens with zero attached hydrogens (tertiary/aromatic N) is 3. The Labute approximate surface area is 139 Å². The minimum Gasteiger partial charge on any atom is -0.348 e. The number of carbonyl (C=O) groups is 1. The van der Waals surface area contributed by atoms with Crippen molar-refractivity contribution in [3.63, 3.8) is 0 Å². The third kappa shape index (κ3) is 2.36. The zero-order valence-electron chi connectivity index (χ0n) is 13.3. The fourth-order valence-electron chi connectivity index (χ4n) is 3.48. The first-order chi connectivity index (χ1) is 11.2. The molecule has 4 rings (SSSR count). The second-order valence-corrected chi connectivity index (χ2v) is 7.20. The van der Waals surface area contributed by atoms with Gasteiger partial charge < -0.3 is 9.47 Å². The molecule has 3 heterocycles. The molecule has 1 atom stereocenters. The van der Waals surface area contributed by atoms with Crippen LogP contribution in [-0.2, 0) is 6.54 Å². The molecule has 0 spiro atoms. The summed E-state index contributed by atoms with van der Waals surface area (Å²) >= 11 is 1.64. The van der Waals surface area contributed by atoms with Gasteiger partial charge in [-0.1, -0.05) is 6.92 Å². The van der Waals surface area contributed by atoms with E-state index in [1.54, 1.807) is 11.3 Å². The van der Waals surface area contributed by atoms with Crippen LogP contribution in [-0.4, -0.2) is 26.9 Å². The number of fused-ring (bicyclic) bond motifs is 2. The quantitative estimate of drug-likeness (QED) is 0.714. The van der Waals surface area contributed by atoms with Crippen LogP contribution < -0.4 is 0 Å². The fraction of sp³-hybridized carbons (Fsp3) is 0.333. The normalized spacial score (nSPS) is 17.5. The molecule has 2 aromatic heterocycles. The largest absolute Gasteiger partial charge is 0.348 e. The van der Waals surface area contributed by atoms with Crippen LogP contribution in [0.25, 0.3) is 10.2 Å². The number of hydrogen-bond acceptors (Lipinski definition) is 3. The second-order valence-electron chi connectivity index (χ2n) is 5.96. The molecular formula is C18H19N3OS. The molecule has 0 bridgehead atoms. The lowest BCUT2D eigenvalue weighted by Crippen LogP contribution is -2.41. The monoisotopic (exact) mass is 325 g/mol. The van der Waals surface area contributed by atoms with Gasteiger partial charge in [-0.2, -0.15) is 0 Å². The summed E-state index contributed by atoms with van der Waals surface area (Å²) in [7, 11) is 0. The van der Waals surface area contributed by atoms with Crippen molar-refractivity contribution in [3.8, 4) is 0 Å². The number of benzene rings is 1. The molecule has 0 N–H and O–H groups in total. The van der Waals surface area contributed by atoms with Gasteiger partial charge in [0.1, 0.15) is 0 Å². The highest BCUT2D eigenvalue weighted by atomic mass is 32.1. The highest BCUT2D eigenvalue weighted by Gasteiger charge is 2.30. The maximum atomic E-state index is 13.1. The standard InChI is InChI=1S/C18H19N3OS/c1-3-15-16-5-4-8-20(16)9-10-21(15)18(22)13-6-7-14-17(11-13)23-12(2)19-14/h4-8,11,15H,3,9-10H2,1-2H3/t15-/m1/s1. The van der Waals surface area contributed by atoms with Gasteiger partial charge in [-0.3, -0.25) is 4.79 Å². The maximum Gasteiger partial charge on any atom is 0.254 e. The molecule has 0 fully saturated rings. The van der Waals surface area contributed by atoms with Crippen molar-refractivity contribution >= 4 is 27.5 Å². The molecule has 0 unspecified atom stereocenters. The number of carbonyl (C=O) groups excluding carboxylic acids is 1. The van der Waals surface area contributed by atoms with E-state index in [0.29, 0.717) is 0 Å². The zero-order valence-corrected chi connectivity index (χ0v) is 14.1. The van der Waals surface area contributed by atoms with Crippen LogP contribution in [0.3, 0.4) is 0 Å². The molecule has 1 amide bonds. The molecule has 5 heteroatoms. The lowest BCUT2D eigenvalue weighted by atomic mass is 10.0. The van der Waals surface area contributed by atoms with Crippen molar-refractivity contribution in [1.29, 1.82) is 0 Å². The molecule has 1 aliphatic rings. The number of hydrogen-bond donors (Lipinski definition) is 0. The summed E-state index contributed by atoms with van der Waals surface area (Å²) in [4.78, 5) is 19.5. The molecular weight excluding hydrogens is 306 g/mol. The van der Waals surface area contributed by atoms with Crippen molar-refractivity contribution in [2.75, 3.05) is 6.54 Å². The third-order valence-electron chi connectivity index (χ3n) is 4.55. The Balaban J connectivity index is 1.69. The van der Waals surface area contributed by atoms with Gasteiger partial charge >= 0.3 is 0 Å². The van der Waals surface area contributed by atoms with Crippen LogP contribution in [0.4, 0.5) is 0 Å². The number of rotatable bonds is 2. The molecule has 3 aromatic rings. The summed E-state index contributed by atoms with van der Waals surface area (Å²) < 4.78 is 3.34. The van der Waals surface area contributed by atoms with E-state index >= 15 is 0 Å². The molecule has 1 aromatic carbocycles. The molecule has 23 heavy (non-hydrogen) atoms. The number of thiazole rings is 1. The van der Waals surface area contributed by atoms with E-state index in [0.717, 1.165) is 40.3 Å². The van der Waals surface area contributed by atoms with Gasteiger partial charge in [0.15, 0.2) is 0 Å². The van der Waals surface area contributed by atoms with Crippen molar-refractivity contribution in [3.05, 3.63) is 52.8 Å². The summed E-state index contributed by atoms with van der Waals surface area (Å²) in [5, 5.41) is 1.03. The van der Waals surface area contributed by atoms with Gasteiger partial charge in [0, 0.05) is 30.5 Å². The lowest BCUT2D eigenvalue weighted by molar-refractivity contribution is 0.0618. The highest BCUT2D eigenvalue weighted by Crippen LogP contribution is 2.31. The van der Waals surface area contributed by atoms with Crippen LogP contribution in [0, 0.1) is 6.92 Å². The minimum absolute atomic E-state index is 0.122. The second kappa shape index (κ2) is 5.49. The Kier molecular flexibility index (Phi) is 3.45. The summed E-state index contributed by atoms with van der Waals surface area (Å²) in [6.07, 6.45) is 3.03. The Bertz CT molecular complexity index is 879. The Morgan fingerprint density at radius 1 is 1.35 bits per heavy atom. The van der Waals surface area contributed by atoms with Gasteiger partial charge in [-0.15, -0.1) is 11.3 Å². The Morgan fingerprint density at radius 3 is 3.04 bits per heavy atom. The van der Waals surface area contributed by atoms with E-state index in [1.165, 1.54) is 5.69 Å². The predicted octanol–water partition coefficient (Wildman–Crippen LogP) is 4.01. The van der Waals surface area contributed by atoms with Gasteiger partial charge in [0.2, 0.25) is 0 Å². The summed E-state index contributed by atoms with van der Waals surface area (Å²) in [5.41, 5.74) is 2.98. The molecule has 0 aliphatic carbocycles. The Morgan fingerprint density at radius 2 is 2.22 bits per heavy atom. The van der Waals surface area contributed by atoms with Crippen LogP contribution >= 0.6 is 11.3 Å². The number of aryl methyl sites for hydroxylation is 1. The highest BCUT2D eigenvalue weighted by molar-refractivity contribution is 7.18. The smallest absolute Gasteiger partial charge is 0.254 e. The van der Waals surface area contributed by atoms with E-state index in [2.05, 4.69) is 34.8 Å². The number of amides is 1. The molecule has 0 radical (unpaired) electrons. The van der Waals surface area contributed by atoms with Gasteiger partial charge in [0.05, 0.1) is 21.3 Å². The molecule has 0 saturated heterocycles. The van der Waals surface area contributed by atoms with Gasteiger partial charge in [-0.25, -0.2) is 4.98 Å². The predicted molar refractivity (Wildman–Crippen MR) is 92.9 cm³/mol. The third-order valence-corrected chi connectivity index (χ3v) is 5.49. The van der Waals surface area contributed by atoms with Crippen LogP contribution in [0.15, 0.2) is 36.5 Å². The lowest BCUT2D eigenvalue weighted by Gasteiger charge is -2.36. The van der Waals surface area contributed by atoms with Crippen molar-refractivity contribution in [1.82, 2.24) is 14.5 Å². The van der Waals surface area contributed by atoms with E-state index in [-0.39, 0.29) is 11.9 Å². The zero-order chi connectivity index (χ0) is 16.0. The average molecular weight is 325 g/mol. The SMILES string of the molecule is CC[C@@H]1c2cccn2CCN1C(=O)c1ccc2nc(C)sc2c1. The molecule has 4 nitrogen and oxygen atoms in total. The van der Waals surface area contributed by atoms with Crippen LogP contribution in [0.2, 0.25) is 0 Å². The van der Waals surface area contributed by atoms with Crippen molar-refractivity contribution in [2.24, 2.45) is 0 Å². The molecule has 1 aliphatic heterocycles. The topological polar surface area (TPSA) is 38.1 Å². The van der Waals surface area contributed by atoms with E-state index in [9.17, 15) is 4.79 Å². The fourth-order valence-corrected chi connectivity index (χ4v) is 4.34. The average Bonchev–Trinajstić information content (AvgIpc) is 3.17. The molecule has 0 saturated carbocycles. The van der Waals surface area contributed by atoms with E-state index in [4.69, 9.17) is 0 Å². The minimum atomic E-state index is 0.122. The first-order valence-electron chi connectivity index (χ1n) is 8.00. The first-order valence-corrected chi connectivity index (χ1v) is 8.82. The summed E-state index contributed by atoms with van der Waals surface area (Å²) in [5.74, 6) is 0.122. The Hall–Kier alpha value is -2.14. The van der Waals surface area contributed by atoms with Crippen LogP contribution in [0.5, 0.6) is 0 Å². The number of aromatic nitrogens is 2. The van der Waals surface area contributed by atoms with E-state index < -0.39 is 0 Å². The first kappa shape index (κ1) is 14.5. The van der Waals surface area contributed by atoms with Crippen molar-refractivity contribution in [2.45, 2.75) is 32.9 Å². The molecule has 118 valence electrons. The van der Waals surface area contributed by atoms with Crippen molar-refractivity contribution < 1.29 is 4.79 Å². The summed E-state index contributed by atoms with van der Waals surface area (Å²) in [6, 6.07) is 10.2. The van der Waals surface area contributed by atoms with E-state index in [1.807, 2.05) is 30.0 Å². The summed E-state index contributed by atoms with van der Waals surface area (Å²) in [6.45, 7) is 5.77.